The van der Waals surface area contributed by atoms with Gasteiger partial charge >= 0.3 is 0 Å². The van der Waals surface area contributed by atoms with E-state index in [1.807, 2.05) is 31.2 Å². The van der Waals surface area contributed by atoms with Gasteiger partial charge in [-0.25, -0.2) is 0 Å². The molecule has 0 amide bonds. The number of hydrogen-bond acceptors (Lipinski definition) is 1. The number of aryl methyl sites for hydroxylation is 2. The smallest absolute Gasteiger partial charge is 0.256 e. The summed E-state index contributed by atoms with van der Waals surface area (Å²) in [6.07, 6.45) is 0. The van der Waals surface area contributed by atoms with Crippen LogP contribution in [0.25, 0.3) is 32.8 Å². The van der Waals surface area contributed by atoms with Crippen LogP contribution >= 0.6 is 0 Å². The first-order chi connectivity index (χ1) is 11.1. The van der Waals surface area contributed by atoms with Crippen molar-refractivity contribution in [1.82, 2.24) is 4.98 Å². The molecule has 0 saturated heterocycles. The topological polar surface area (TPSA) is 32.9 Å². The normalized spacial score (nSPS) is 11.2. The summed E-state index contributed by atoms with van der Waals surface area (Å²) in [6, 6.07) is 20.6. The van der Waals surface area contributed by atoms with Crippen molar-refractivity contribution >= 4 is 21.7 Å². The van der Waals surface area contributed by atoms with E-state index in [2.05, 4.69) is 48.3 Å². The second-order valence-corrected chi connectivity index (χ2v) is 6.10. The molecule has 0 radical (unpaired) electrons. The summed E-state index contributed by atoms with van der Waals surface area (Å²) in [6.45, 7) is 4.10. The maximum atomic E-state index is 12.7. The Balaban J connectivity index is 2.13. The van der Waals surface area contributed by atoms with Gasteiger partial charge in [-0.1, -0.05) is 60.2 Å². The fourth-order valence-electron chi connectivity index (χ4n) is 3.18. The van der Waals surface area contributed by atoms with E-state index in [1.165, 1.54) is 5.56 Å². The molecule has 23 heavy (non-hydrogen) atoms. The predicted molar refractivity (Wildman–Crippen MR) is 97.0 cm³/mol. The molecule has 0 aliphatic carbocycles. The minimum absolute atomic E-state index is 0.0331. The molecule has 2 nitrogen and oxygen atoms in total. The van der Waals surface area contributed by atoms with Crippen LogP contribution in [0.2, 0.25) is 0 Å². The van der Waals surface area contributed by atoms with Crippen LogP contribution in [-0.4, -0.2) is 4.98 Å². The summed E-state index contributed by atoms with van der Waals surface area (Å²) in [5.41, 5.74) is 5.26. The number of benzene rings is 3. The van der Waals surface area contributed by atoms with E-state index >= 15 is 0 Å². The van der Waals surface area contributed by atoms with Crippen molar-refractivity contribution in [2.75, 3.05) is 0 Å². The van der Waals surface area contributed by atoms with E-state index in [4.69, 9.17) is 0 Å². The monoisotopic (exact) mass is 299 g/mol. The van der Waals surface area contributed by atoms with Gasteiger partial charge in [0.2, 0.25) is 0 Å². The Morgan fingerprint density at radius 1 is 0.783 bits per heavy atom. The molecule has 1 N–H and O–H groups in total. The highest BCUT2D eigenvalue weighted by atomic mass is 16.1. The number of rotatable bonds is 1. The molecule has 1 heterocycles. The fraction of sp³-hybridized carbons (Fsp3) is 0.0952. The van der Waals surface area contributed by atoms with E-state index in [1.54, 1.807) is 0 Å². The number of hydrogen-bond donors (Lipinski definition) is 1. The molecular formula is C21H17NO. The Morgan fingerprint density at radius 3 is 2.30 bits per heavy atom. The van der Waals surface area contributed by atoms with E-state index in [-0.39, 0.29) is 5.56 Å². The largest absolute Gasteiger partial charge is 0.321 e. The molecule has 112 valence electrons. The van der Waals surface area contributed by atoms with Crippen molar-refractivity contribution in [2.24, 2.45) is 0 Å². The number of fused-ring (bicyclic) bond motifs is 3. The van der Waals surface area contributed by atoms with Crippen molar-refractivity contribution < 1.29 is 0 Å². The Labute approximate surface area is 134 Å². The van der Waals surface area contributed by atoms with Crippen molar-refractivity contribution in [2.45, 2.75) is 13.8 Å². The molecule has 0 bridgehead atoms. The number of aromatic nitrogens is 1. The molecule has 3 aromatic carbocycles. The lowest BCUT2D eigenvalue weighted by atomic mass is 9.96. The first-order valence-corrected chi connectivity index (χ1v) is 7.76. The maximum absolute atomic E-state index is 12.7. The Hall–Kier alpha value is -2.87. The number of pyridine rings is 1. The summed E-state index contributed by atoms with van der Waals surface area (Å²) in [7, 11) is 0. The third-order valence-corrected chi connectivity index (χ3v) is 4.37. The maximum Gasteiger partial charge on any atom is 0.256 e. The summed E-state index contributed by atoms with van der Waals surface area (Å²) in [5.74, 6) is 0. The molecule has 4 aromatic rings. The van der Waals surface area contributed by atoms with Gasteiger partial charge in [0, 0.05) is 10.9 Å². The standard InChI is InChI=1S/C21H17NO/c1-13-6-9-15(10-7-13)16-4-3-5-18-17-11-8-14(2)12-19(17)22-21(23)20(16)18/h3-12H,1-2H3,(H,22,23). The zero-order chi connectivity index (χ0) is 16.0. The van der Waals surface area contributed by atoms with Gasteiger partial charge < -0.3 is 4.98 Å². The van der Waals surface area contributed by atoms with Crippen molar-refractivity contribution in [3.63, 3.8) is 0 Å². The van der Waals surface area contributed by atoms with Crippen molar-refractivity contribution in [1.29, 1.82) is 0 Å². The minimum atomic E-state index is -0.0331. The first-order valence-electron chi connectivity index (χ1n) is 7.76. The number of aromatic amines is 1. The summed E-state index contributed by atoms with van der Waals surface area (Å²) in [5, 5.41) is 2.84. The molecule has 1 aromatic heterocycles. The van der Waals surface area contributed by atoms with E-state index < -0.39 is 0 Å². The number of nitrogens with one attached hydrogen (secondary N) is 1. The van der Waals surface area contributed by atoms with E-state index in [0.717, 1.165) is 38.4 Å². The average molecular weight is 299 g/mol. The van der Waals surface area contributed by atoms with E-state index in [0.29, 0.717) is 0 Å². The summed E-state index contributed by atoms with van der Waals surface area (Å²) < 4.78 is 0. The third-order valence-electron chi connectivity index (χ3n) is 4.37. The van der Waals surface area contributed by atoms with Gasteiger partial charge in [0.15, 0.2) is 0 Å². The van der Waals surface area contributed by atoms with Gasteiger partial charge in [0.05, 0.1) is 5.39 Å². The minimum Gasteiger partial charge on any atom is -0.321 e. The van der Waals surface area contributed by atoms with Crippen molar-refractivity contribution in [3.8, 4) is 11.1 Å². The van der Waals surface area contributed by atoms with Crippen LogP contribution in [0.1, 0.15) is 11.1 Å². The second kappa shape index (κ2) is 5.10. The highest BCUT2D eigenvalue weighted by Crippen LogP contribution is 2.30. The summed E-state index contributed by atoms with van der Waals surface area (Å²) >= 11 is 0. The van der Waals surface area contributed by atoms with Gasteiger partial charge in [-0.15, -0.1) is 0 Å². The van der Waals surface area contributed by atoms with E-state index in [9.17, 15) is 4.79 Å². The zero-order valence-corrected chi connectivity index (χ0v) is 13.2. The highest BCUT2D eigenvalue weighted by molar-refractivity contribution is 6.10. The zero-order valence-electron chi connectivity index (χ0n) is 13.2. The number of H-pyrrole nitrogens is 1. The molecule has 0 atom stereocenters. The molecule has 0 aliphatic heterocycles. The lowest BCUT2D eigenvalue weighted by molar-refractivity contribution is 1.33. The second-order valence-electron chi connectivity index (χ2n) is 6.10. The van der Waals surface area contributed by atoms with Crippen LogP contribution in [0.3, 0.4) is 0 Å². The van der Waals surface area contributed by atoms with Gasteiger partial charge in [-0.2, -0.15) is 0 Å². The highest BCUT2D eigenvalue weighted by Gasteiger charge is 2.10. The molecule has 0 aliphatic rings. The molecule has 4 rings (SSSR count). The molecule has 0 spiro atoms. The Morgan fingerprint density at radius 2 is 1.52 bits per heavy atom. The van der Waals surface area contributed by atoms with Crippen LogP contribution < -0.4 is 5.56 Å². The van der Waals surface area contributed by atoms with Gasteiger partial charge in [-0.3, -0.25) is 4.79 Å². The first kappa shape index (κ1) is 13.8. The van der Waals surface area contributed by atoms with Crippen LogP contribution in [-0.2, 0) is 0 Å². The SMILES string of the molecule is Cc1ccc(-c2cccc3c2c(=O)[nH]c2cc(C)ccc23)cc1. The molecular weight excluding hydrogens is 282 g/mol. The average Bonchev–Trinajstić information content (AvgIpc) is 2.55. The molecule has 0 fully saturated rings. The Kier molecular flexibility index (Phi) is 3.05. The molecule has 2 heteroatoms. The van der Waals surface area contributed by atoms with Gasteiger partial charge in [0.25, 0.3) is 5.56 Å². The lowest BCUT2D eigenvalue weighted by Gasteiger charge is -2.09. The summed E-state index contributed by atoms with van der Waals surface area (Å²) in [4.78, 5) is 15.7. The third kappa shape index (κ3) is 2.23. The predicted octanol–water partition coefficient (Wildman–Crippen LogP) is 4.97. The van der Waals surface area contributed by atoms with Crippen LogP contribution in [0.4, 0.5) is 0 Å². The quantitative estimate of drug-likeness (QED) is 0.495. The van der Waals surface area contributed by atoms with Gasteiger partial charge in [-0.05, 0) is 42.0 Å². The van der Waals surface area contributed by atoms with Crippen molar-refractivity contribution in [3.05, 3.63) is 82.1 Å². The fourth-order valence-corrected chi connectivity index (χ4v) is 3.18. The van der Waals surface area contributed by atoms with Crippen LogP contribution in [0, 0.1) is 13.8 Å². The van der Waals surface area contributed by atoms with Gasteiger partial charge in [0.1, 0.15) is 0 Å². The Bertz CT molecular complexity index is 1090. The molecule has 0 saturated carbocycles. The lowest BCUT2D eigenvalue weighted by Crippen LogP contribution is -2.07. The van der Waals surface area contributed by atoms with Crippen LogP contribution in [0.15, 0.2) is 65.5 Å². The van der Waals surface area contributed by atoms with Crippen LogP contribution in [0.5, 0.6) is 0 Å². The molecule has 0 unspecified atom stereocenters.